The zero-order valence-electron chi connectivity index (χ0n) is 13.4. The van der Waals surface area contributed by atoms with Gasteiger partial charge in [0.15, 0.2) is 0 Å². The normalized spacial score (nSPS) is 14.2. The Hall–Kier alpha value is -0.570. The molecule has 0 amide bonds. The summed E-state index contributed by atoms with van der Waals surface area (Å²) in [6.07, 6.45) is 12.9. The molecular weight excluding hydrogens is 252 g/mol. The van der Waals surface area contributed by atoms with Gasteiger partial charge in [0.05, 0.1) is 12.5 Å². The molecule has 0 saturated carbocycles. The molecule has 0 aliphatic carbocycles. The molecular formula is C17H34O3. The van der Waals surface area contributed by atoms with Gasteiger partial charge in [-0.3, -0.25) is 4.79 Å². The lowest BCUT2D eigenvalue weighted by Gasteiger charge is -2.14. The second kappa shape index (κ2) is 13.4. The van der Waals surface area contributed by atoms with Gasteiger partial charge in [-0.05, 0) is 12.3 Å². The Morgan fingerprint density at radius 2 is 1.45 bits per heavy atom. The van der Waals surface area contributed by atoms with E-state index < -0.39 is 12.1 Å². The molecule has 2 N–H and O–H groups in total. The predicted octanol–water partition coefficient (Wildman–Crippen LogP) is 4.77. The molecule has 3 heteroatoms. The molecule has 2 unspecified atom stereocenters. The lowest BCUT2D eigenvalue weighted by Crippen LogP contribution is -2.16. The fourth-order valence-electron chi connectivity index (χ4n) is 2.67. The minimum absolute atomic E-state index is 0.123. The summed E-state index contributed by atoms with van der Waals surface area (Å²) >= 11 is 0. The van der Waals surface area contributed by atoms with Crippen LogP contribution in [0.2, 0.25) is 0 Å². The number of unbranched alkanes of at least 4 members (excludes halogenated alkanes) is 8. The van der Waals surface area contributed by atoms with E-state index in [2.05, 4.69) is 13.8 Å². The van der Waals surface area contributed by atoms with Crippen LogP contribution >= 0.6 is 0 Å². The monoisotopic (exact) mass is 286 g/mol. The van der Waals surface area contributed by atoms with Gasteiger partial charge in [-0.15, -0.1) is 0 Å². The molecule has 3 nitrogen and oxygen atoms in total. The number of aliphatic hydroxyl groups excluding tert-OH is 1. The Labute approximate surface area is 124 Å². The summed E-state index contributed by atoms with van der Waals surface area (Å²) in [6, 6.07) is 0. The standard InChI is InChI=1S/C17H34O3/c1-3-4-5-6-7-8-9-10-11-12-15(2)13-16(18)14-17(19)20/h15-16,18H,3-14H2,1-2H3,(H,19,20). The van der Waals surface area contributed by atoms with Crippen molar-refractivity contribution in [2.75, 3.05) is 0 Å². The lowest BCUT2D eigenvalue weighted by molar-refractivity contribution is -0.139. The van der Waals surface area contributed by atoms with Gasteiger partial charge in [0.25, 0.3) is 0 Å². The number of carboxylic acids is 1. The molecule has 0 radical (unpaired) electrons. The van der Waals surface area contributed by atoms with Crippen molar-refractivity contribution in [3.05, 3.63) is 0 Å². The zero-order valence-corrected chi connectivity index (χ0v) is 13.4. The topological polar surface area (TPSA) is 57.5 Å². The van der Waals surface area contributed by atoms with Crippen molar-refractivity contribution in [1.82, 2.24) is 0 Å². The fourth-order valence-corrected chi connectivity index (χ4v) is 2.67. The van der Waals surface area contributed by atoms with Crippen LogP contribution in [0.1, 0.15) is 90.9 Å². The number of rotatable bonds is 14. The Morgan fingerprint density at radius 1 is 0.950 bits per heavy atom. The van der Waals surface area contributed by atoms with E-state index in [1.807, 2.05) is 0 Å². The summed E-state index contributed by atoms with van der Waals surface area (Å²) in [4.78, 5) is 10.5. The smallest absolute Gasteiger partial charge is 0.305 e. The first kappa shape index (κ1) is 19.4. The molecule has 0 fully saturated rings. The van der Waals surface area contributed by atoms with Crippen molar-refractivity contribution in [2.45, 2.75) is 97.0 Å². The minimum Gasteiger partial charge on any atom is -0.481 e. The van der Waals surface area contributed by atoms with Crippen LogP contribution in [0.3, 0.4) is 0 Å². The van der Waals surface area contributed by atoms with Gasteiger partial charge < -0.3 is 10.2 Å². The van der Waals surface area contributed by atoms with Gasteiger partial charge >= 0.3 is 5.97 Å². The maximum Gasteiger partial charge on any atom is 0.305 e. The highest BCUT2D eigenvalue weighted by Crippen LogP contribution is 2.17. The van der Waals surface area contributed by atoms with Gasteiger partial charge in [-0.2, -0.15) is 0 Å². The maximum atomic E-state index is 10.5. The van der Waals surface area contributed by atoms with Crippen LogP contribution in [-0.2, 0) is 4.79 Å². The van der Waals surface area contributed by atoms with Gasteiger partial charge in [0, 0.05) is 0 Å². The molecule has 0 spiro atoms. The van der Waals surface area contributed by atoms with Gasteiger partial charge in [0.1, 0.15) is 0 Å². The van der Waals surface area contributed by atoms with Crippen LogP contribution in [-0.4, -0.2) is 22.3 Å². The van der Waals surface area contributed by atoms with Crippen molar-refractivity contribution in [3.8, 4) is 0 Å². The van der Waals surface area contributed by atoms with E-state index in [0.717, 1.165) is 6.42 Å². The van der Waals surface area contributed by atoms with E-state index in [1.54, 1.807) is 0 Å². The number of aliphatic hydroxyl groups is 1. The summed E-state index contributed by atoms with van der Waals surface area (Å²) in [5.74, 6) is -0.485. The van der Waals surface area contributed by atoms with Crippen LogP contribution in [0.4, 0.5) is 0 Å². The molecule has 0 aromatic heterocycles. The number of hydrogen-bond donors (Lipinski definition) is 2. The largest absolute Gasteiger partial charge is 0.481 e. The molecule has 0 aliphatic heterocycles. The summed E-state index contributed by atoms with van der Waals surface area (Å²) < 4.78 is 0. The SMILES string of the molecule is CCCCCCCCCCCC(C)CC(O)CC(=O)O. The third kappa shape index (κ3) is 13.9. The molecule has 0 bridgehead atoms. The van der Waals surface area contributed by atoms with Crippen molar-refractivity contribution < 1.29 is 15.0 Å². The summed E-state index contributed by atoms with van der Waals surface area (Å²) in [7, 11) is 0. The van der Waals surface area contributed by atoms with Crippen LogP contribution in [0.25, 0.3) is 0 Å². The van der Waals surface area contributed by atoms with Gasteiger partial charge in [-0.25, -0.2) is 0 Å². The highest BCUT2D eigenvalue weighted by Gasteiger charge is 2.13. The van der Waals surface area contributed by atoms with Crippen molar-refractivity contribution in [2.24, 2.45) is 5.92 Å². The van der Waals surface area contributed by atoms with E-state index in [0.29, 0.717) is 12.3 Å². The summed E-state index contributed by atoms with van der Waals surface area (Å²) in [5, 5.41) is 18.1. The first-order valence-corrected chi connectivity index (χ1v) is 8.46. The molecule has 20 heavy (non-hydrogen) atoms. The number of hydrogen-bond acceptors (Lipinski definition) is 2. The molecule has 0 saturated heterocycles. The zero-order chi connectivity index (χ0) is 15.2. The van der Waals surface area contributed by atoms with Crippen LogP contribution < -0.4 is 0 Å². The third-order valence-electron chi connectivity index (χ3n) is 3.89. The first-order chi connectivity index (χ1) is 9.56. The van der Waals surface area contributed by atoms with Gasteiger partial charge in [-0.1, -0.05) is 78.1 Å². The van der Waals surface area contributed by atoms with E-state index in [4.69, 9.17) is 5.11 Å². The minimum atomic E-state index is -0.909. The number of carboxylic acid groups (broad SMARTS) is 1. The second-order valence-electron chi connectivity index (χ2n) is 6.21. The first-order valence-electron chi connectivity index (χ1n) is 8.46. The number of carbonyl (C=O) groups is 1. The Balaban J connectivity index is 3.30. The predicted molar refractivity (Wildman–Crippen MR) is 83.9 cm³/mol. The van der Waals surface area contributed by atoms with Gasteiger partial charge in [0.2, 0.25) is 0 Å². The quantitative estimate of drug-likeness (QED) is 0.452. The molecule has 0 aromatic carbocycles. The molecule has 0 aromatic rings. The molecule has 0 rings (SSSR count). The molecule has 0 aliphatic rings. The van der Waals surface area contributed by atoms with Crippen LogP contribution in [0.5, 0.6) is 0 Å². The highest BCUT2D eigenvalue weighted by atomic mass is 16.4. The average Bonchev–Trinajstić information content (AvgIpc) is 2.35. The second-order valence-corrected chi connectivity index (χ2v) is 6.21. The maximum absolute atomic E-state index is 10.5. The summed E-state index contributed by atoms with van der Waals surface area (Å²) in [5.41, 5.74) is 0. The van der Waals surface area contributed by atoms with E-state index >= 15 is 0 Å². The van der Waals surface area contributed by atoms with Crippen LogP contribution in [0, 0.1) is 5.92 Å². The lowest BCUT2D eigenvalue weighted by atomic mass is 9.95. The molecule has 0 heterocycles. The van der Waals surface area contributed by atoms with E-state index in [1.165, 1.54) is 57.8 Å². The average molecular weight is 286 g/mol. The van der Waals surface area contributed by atoms with Crippen molar-refractivity contribution in [1.29, 1.82) is 0 Å². The van der Waals surface area contributed by atoms with E-state index in [-0.39, 0.29) is 6.42 Å². The Morgan fingerprint density at radius 3 is 1.95 bits per heavy atom. The molecule has 2 atom stereocenters. The Bertz CT molecular complexity index is 228. The van der Waals surface area contributed by atoms with Crippen molar-refractivity contribution in [3.63, 3.8) is 0 Å². The third-order valence-corrected chi connectivity index (χ3v) is 3.89. The highest BCUT2D eigenvalue weighted by molar-refractivity contribution is 5.67. The number of aliphatic carboxylic acids is 1. The van der Waals surface area contributed by atoms with E-state index in [9.17, 15) is 9.90 Å². The summed E-state index contributed by atoms with van der Waals surface area (Å²) in [6.45, 7) is 4.35. The van der Waals surface area contributed by atoms with Crippen molar-refractivity contribution >= 4 is 5.97 Å². The molecule has 120 valence electrons. The Kier molecular flexibility index (Phi) is 13.0. The van der Waals surface area contributed by atoms with Crippen LogP contribution in [0.15, 0.2) is 0 Å². The fraction of sp³-hybridized carbons (Fsp3) is 0.941.